The van der Waals surface area contributed by atoms with Gasteiger partial charge in [0.1, 0.15) is 0 Å². The molecule has 0 saturated carbocycles. The minimum Gasteiger partial charge on any atom is -0.287 e. The van der Waals surface area contributed by atoms with Crippen molar-refractivity contribution in [3.8, 4) is 0 Å². The molecule has 0 saturated heterocycles. The first kappa shape index (κ1) is 13.5. The molecule has 0 N–H and O–H groups in total. The van der Waals surface area contributed by atoms with Crippen LogP contribution in [0.4, 0.5) is 5.13 Å². The zero-order chi connectivity index (χ0) is 14.1. The van der Waals surface area contributed by atoms with E-state index in [-0.39, 0.29) is 5.91 Å². The van der Waals surface area contributed by atoms with Crippen LogP contribution in [0.5, 0.6) is 0 Å². The molecule has 0 fully saturated rings. The number of aromatic nitrogens is 1. The fourth-order valence-electron chi connectivity index (χ4n) is 1.91. The van der Waals surface area contributed by atoms with Crippen molar-refractivity contribution < 1.29 is 4.79 Å². The quantitative estimate of drug-likeness (QED) is 0.611. The van der Waals surface area contributed by atoms with E-state index in [1.807, 2.05) is 48.5 Å². The third kappa shape index (κ3) is 2.55. The zero-order valence-corrected chi connectivity index (χ0v) is 13.7. The van der Waals surface area contributed by atoms with Crippen LogP contribution < -0.4 is 4.90 Å². The van der Waals surface area contributed by atoms with Gasteiger partial charge in [-0.3, -0.25) is 9.69 Å². The van der Waals surface area contributed by atoms with Crippen LogP contribution in [0, 0.1) is 3.57 Å². The first-order valence-electron chi connectivity index (χ1n) is 6.04. The van der Waals surface area contributed by atoms with Gasteiger partial charge in [0.15, 0.2) is 5.13 Å². The van der Waals surface area contributed by atoms with Crippen molar-refractivity contribution in [3.63, 3.8) is 0 Å². The van der Waals surface area contributed by atoms with Crippen LogP contribution in [0.1, 0.15) is 10.4 Å². The summed E-state index contributed by atoms with van der Waals surface area (Å²) in [6.07, 6.45) is 0. The SMILES string of the molecule is CN(C(=O)c1cccc(I)c1)c1nc2ccccc2s1. The second kappa shape index (κ2) is 5.49. The van der Waals surface area contributed by atoms with E-state index in [0.29, 0.717) is 5.56 Å². The maximum Gasteiger partial charge on any atom is 0.259 e. The number of halogens is 1. The standard InChI is InChI=1S/C15H11IN2OS/c1-18(14(19)10-5-4-6-11(16)9-10)15-17-12-7-2-3-8-13(12)20-15/h2-9H,1H3. The van der Waals surface area contributed by atoms with Crippen LogP contribution in [0.15, 0.2) is 48.5 Å². The molecule has 0 aliphatic rings. The lowest BCUT2D eigenvalue weighted by molar-refractivity contribution is 0.0993. The highest BCUT2D eigenvalue weighted by molar-refractivity contribution is 14.1. The molecule has 3 rings (SSSR count). The van der Waals surface area contributed by atoms with E-state index >= 15 is 0 Å². The molecule has 0 atom stereocenters. The van der Waals surface area contributed by atoms with Crippen molar-refractivity contribution in [2.75, 3.05) is 11.9 Å². The van der Waals surface area contributed by atoms with Crippen LogP contribution in [0.25, 0.3) is 10.2 Å². The lowest BCUT2D eigenvalue weighted by Gasteiger charge is -2.13. The number of carbonyl (C=O) groups excluding carboxylic acids is 1. The van der Waals surface area contributed by atoms with Crippen molar-refractivity contribution in [1.29, 1.82) is 0 Å². The Hall–Kier alpha value is -1.47. The van der Waals surface area contributed by atoms with Gasteiger partial charge in [-0.05, 0) is 52.9 Å². The van der Waals surface area contributed by atoms with Crippen LogP contribution in [-0.2, 0) is 0 Å². The predicted octanol–water partition coefficient (Wildman–Crippen LogP) is 4.18. The third-order valence-electron chi connectivity index (χ3n) is 2.95. The molecular weight excluding hydrogens is 383 g/mol. The molecule has 0 bridgehead atoms. The molecule has 20 heavy (non-hydrogen) atoms. The molecule has 5 heteroatoms. The van der Waals surface area contributed by atoms with Crippen LogP contribution >= 0.6 is 33.9 Å². The summed E-state index contributed by atoms with van der Waals surface area (Å²) in [6.45, 7) is 0. The molecule has 0 unspecified atom stereocenters. The van der Waals surface area contributed by atoms with Crippen molar-refractivity contribution >= 4 is 55.2 Å². The van der Waals surface area contributed by atoms with Gasteiger partial charge in [-0.25, -0.2) is 4.98 Å². The van der Waals surface area contributed by atoms with Gasteiger partial charge in [-0.15, -0.1) is 0 Å². The number of hydrogen-bond acceptors (Lipinski definition) is 3. The topological polar surface area (TPSA) is 33.2 Å². The molecule has 2 aromatic carbocycles. The zero-order valence-electron chi connectivity index (χ0n) is 10.7. The Labute approximate surface area is 134 Å². The molecule has 1 heterocycles. The lowest BCUT2D eigenvalue weighted by atomic mass is 10.2. The van der Waals surface area contributed by atoms with Gasteiger partial charge in [0.05, 0.1) is 10.2 Å². The Morgan fingerprint density at radius 3 is 2.75 bits per heavy atom. The second-order valence-electron chi connectivity index (χ2n) is 4.34. The average Bonchev–Trinajstić information content (AvgIpc) is 2.89. The van der Waals surface area contributed by atoms with Gasteiger partial charge in [0.25, 0.3) is 5.91 Å². The van der Waals surface area contributed by atoms with Gasteiger partial charge in [-0.2, -0.15) is 0 Å². The number of fused-ring (bicyclic) bond motifs is 1. The highest BCUT2D eigenvalue weighted by atomic mass is 127. The Bertz CT molecular complexity index is 751. The summed E-state index contributed by atoms with van der Waals surface area (Å²) in [5, 5.41) is 0.718. The molecular formula is C15H11IN2OS. The van der Waals surface area contributed by atoms with E-state index < -0.39 is 0 Å². The van der Waals surface area contributed by atoms with Gasteiger partial charge < -0.3 is 0 Å². The summed E-state index contributed by atoms with van der Waals surface area (Å²) in [5.74, 6) is -0.0393. The maximum absolute atomic E-state index is 12.5. The van der Waals surface area contributed by atoms with E-state index in [9.17, 15) is 4.79 Å². The highest BCUT2D eigenvalue weighted by Gasteiger charge is 2.17. The Morgan fingerprint density at radius 2 is 2.00 bits per heavy atom. The van der Waals surface area contributed by atoms with E-state index in [1.165, 1.54) is 11.3 Å². The smallest absolute Gasteiger partial charge is 0.259 e. The lowest BCUT2D eigenvalue weighted by Crippen LogP contribution is -2.26. The number of rotatable bonds is 2. The van der Waals surface area contributed by atoms with Gasteiger partial charge >= 0.3 is 0 Å². The first-order chi connectivity index (χ1) is 9.65. The van der Waals surface area contributed by atoms with Crippen LogP contribution in [-0.4, -0.2) is 17.9 Å². The summed E-state index contributed by atoms with van der Waals surface area (Å²) >= 11 is 3.73. The fourth-order valence-corrected chi connectivity index (χ4v) is 3.37. The number of hydrogen-bond donors (Lipinski definition) is 0. The third-order valence-corrected chi connectivity index (χ3v) is 4.73. The number of amides is 1. The van der Waals surface area contributed by atoms with E-state index in [4.69, 9.17) is 0 Å². The molecule has 1 aromatic heterocycles. The van der Waals surface area contributed by atoms with E-state index in [0.717, 1.165) is 18.9 Å². The van der Waals surface area contributed by atoms with Gasteiger partial charge in [0, 0.05) is 16.2 Å². The summed E-state index contributed by atoms with van der Waals surface area (Å²) in [6, 6.07) is 15.5. The number of benzene rings is 2. The van der Waals surface area contributed by atoms with Crippen LogP contribution in [0.2, 0.25) is 0 Å². The van der Waals surface area contributed by atoms with Gasteiger partial charge in [-0.1, -0.05) is 29.5 Å². The van der Waals surface area contributed by atoms with E-state index in [2.05, 4.69) is 27.6 Å². The number of anilines is 1. The monoisotopic (exact) mass is 394 g/mol. The Balaban J connectivity index is 1.95. The van der Waals surface area contributed by atoms with Crippen molar-refractivity contribution in [2.45, 2.75) is 0 Å². The fraction of sp³-hybridized carbons (Fsp3) is 0.0667. The normalized spacial score (nSPS) is 10.7. The number of para-hydroxylation sites is 1. The molecule has 0 radical (unpaired) electrons. The summed E-state index contributed by atoms with van der Waals surface area (Å²) in [7, 11) is 1.76. The highest BCUT2D eigenvalue weighted by Crippen LogP contribution is 2.28. The Morgan fingerprint density at radius 1 is 1.20 bits per heavy atom. The molecule has 0 aliphatic heterocycles. The van der Waals surface area contributed by atoms with Crippen LogP contribution in [0.3, 0.4) is 0 Å². The predicted molar refractivity (Wildman–Crippen MR) is 91.5 cm³/mol. The van der Waals surface area contributed by atoms with E-state index in [1.54, 1.807) is 11.9 Å². The second-order valence-corrected chi connectivity index (χ2v) is 6.59. The molecule has 1 amide bonds. The number of thiazole rings is 1. The number of carbonyl (C=O) groups is 1. The van der Waals surface area contributed by atoms with Crippen molar-refractivity contribution in [3.05, 3.63) is 57.7 Å². The molecule has 3 nitrogen and oxygen atoms in total. The van der Waals surface area contributed by atoms with Crippen molar-refractivity contribution in [2.24, 2.45) is 0 Å². The van der Waals surface area contributed by atoms with Crippen molar-refractivity contribution in [1.82, 2.24) is 4.98 Å². The molecule has 100 valence electrons. The minimum atomic E-state index is -0.0393. The minimum absolute atomic E-state index is 0.0393. The molecule has 3 aromatic rings. The average molecular weight is 394 g/mol. The first-order valence-corrected chi connectivity index (χ1v) is 7.94. The molecule has 0 spiro atoms. The van der Waals surface area contributed by atoms with Gasteiger partial charge in [0.2, 0.25) is 0 Å². The summed E-state index contributed by atoms with van der Waals surface area (Å²) < 4.78 is 2.14. The summed E-state index contributed by atoms with van der Waals surface area (Å²) in [5.41, 5.74) is 1.61. The summed E-state index contributed by atoms with van der Waals surface area (Å²) in [4.78, 5) is 18.6. The maximum atomic E-state index is 12.5. The molecule has 0 aliphatic carbocycles. The largest absolute Gasteiger partial charge is 0.287 e. The number of nitrogens with zero attached hydrogens (tertiary/aromatic N) is 2. The Kier molecular flexibility index (Phi) is 3.71.